The number of aryl methyl sites for hydroxylation is 1. The fourth-order valence-corrected chi connectivity index (χ4v) is 2.50. The van der Waals surface area contributed by atoms with Gasteiger partial charge in [-0.05, 0) is 54.7 Å². The zero-order chi connectivity index (χ0) is 17.7. The minimum Gasteiger partial charge on any atom is -0.483 e. The number of amides is 1. The van der Waals surface area contributed by atoms with E-state index < -0.39 is 0 Å². The second kappa shape index (κ2) is 7.95. The van der Waals surface area contributed by atoms with Gasteiger partial charge >= 0.3 is 0 Å². The Hall–Kier alpha value is -2.36. The Kier molecular flexibility index (Phi) is 5.96. The Bertz CT molecular complexity index is 695. The van der Waals surface area contributed by atoms with Gasteiger partial charge in [-0.15, -0.1) is 0 Å². The van der Waals surface area contributed by atoms with Crippen molar-refractivity contribution in [3.05, 3.63) is 65.0 Å². The second-order valence-electron chi connectivity index (χ2n) is 6.33. The molecule has 0 aliphatic heterocycles. The molecule has 0 fully saturated rings. The van der Waals surface area contributed by atoms with Crippen molar-refractivity contribution in [3.63, 3.8) is 0 Å². The molecule has 0 aromatic heterocycles. The second-order valence-corrected chi connectivity index (χ2v) is 6.33. The Labute approximate surface area is 142 Å². The van der Waals surface area contributed by atoms with Crippen LogP contribution < -0.4 is 10.1 Å². The summed E-state index contributed by atoms with van der Waals surface area (Å²) in [5.41, 5.74) is 3.03. The van der Waals surface area contributed by atoms with Crippen molar-refractivity contribution in [1.82, 2.24) is 5.32 Å². The number of hydrogen-bond donors (Lipinski definition) is 1. The number of benzene rings is 2. The SMILES string of the molecule is Cc1ccc(C(C)C)c(OCC(=O)NC(C)c2ccc(F)cc2)c1. The number of halogens is 1. The molecule has 0 spiro atoms. The molecule has 1 unspecified atom stereocenters. The van der Waals surface area contributed by atoms with Crippen LogP contribution in [0.4, 0.5) is 4.39 Å². The predicted molar refractivity (Wildman–Crippen MR) is 93.7 cm³/mol. The van der Waals surface area contributed by atoms with Crippen LogP contribution in [-0.2, 0) is 4.79 Å². The van der Waals surface area contributed by atoms with Crippen molar-refractivity contribution >= 4 is 5.91 Å². The Morgan fingerprint density at radius 1 is 1.12 bits per heavy atom. The third-order valence-corrected chi connectivity index (χ3v) is 3.90. The van der Waals surface area contributed by atoms with Crippen LogP contribution in [0.5, 0.6) is 5.75 Å². The quantitative estimate of drug-likeness (QED) is 0.846. The minimum atomic E-state index is -0.290. The first-order chi connectivity index (χ1) is 11.4. The summed E-state index contributed by atoms with van der Waals surface area (Å²) in [6, 6.07) is 11.9. The van der Waals surface area contributed by atoms with Crippen LogP contribution in [0.1, 0.15) is 49.4 Å². The molecule has 1 atom stereocenters. The van der Waals surface area contributed by atoms with E-state index in [0.717, 1.165) is 22.4 Å². The van der Waals surface area contributed by atoms with Crippen LogP contribution in [0.25, 0.3) is 0 Å². The number of ether oxygens (including phenoxy) is 1. The molecule has 2 aromatic rings. The summed E-state index contributed by atoms with van der Waals surface area (Å²) < 4.78 is 18.7. The van der Waals surface area contributed by atoms with Crippen LogP contribution in [0.2, 0.25) is 0 Å². The predicted octanol–water partition coefficient (Wildman–Crippen LogP) is 4.51. The molecule has 0 saturated carbocycles. The molecule has 2 aromatic carbocycles. The van der Waals surface area contributed by atoms with Crippen molar-refractivity contribution in [1.29, 1.82) is 0 Å². The van der Waals surface area contributed by atoms with Crippen molar-refractivity contribution in [2.24, 2.45) is 0 Å². The largest absolute Gasteiger partial charge is 0.483 e. The highest BCUT2D eigenvalue weighted by Gasteiger charge is 2.13. The van der Waals surface area contributed by atoms with Crippen molar-refractivity contribution in [2.75, 3.05) is 6.61 Å². The number of nitrogens with one attached hydrogen (secondary N) is 1. The molecular weight excluding hydrogens is 305 g/mol. The van der Waals surface area contributed by atoms with Gasteiger partial charge in [0.1, 0.15) is 11.6 Å². The minimum absolute atomic E-state index is 0.0469. The van der Waals surface area contributed by atoms with E-state index in [4.69, 9.17) is 4.74 Å². The maximum absolute atomic E-state index is 12.9. The first kappa shape index (κ1) is 18.0. The van der Waals surface area contributed by atoms with Gasteiger partial charge in [0.2, 0.25) is 0 Å². The number of hydrogen-bond acceptors (Lipinski definition) is 2. The molecule has 128 valence electrons. The fourth-order valence-electron chi connectivity index (χ4n) is 2.50. The molecule has 24 heavy (non-hydrogen) atoms. The summed E-state index contributed by atoms with van der Waals surface area (Å²) in [4.78, 5) is 12.1. The van der Waals surface area contributed by atoms with Gasteiger partial charge in [-0.25, -0.2) is 4.39 Å². The summed E-state index contributed by atoms with van der Waals surface area (Å²) in [5, 5.41) is 2.86. The lowest BCUT2D eigenvalue weighted by atomic mass is 10.0. The Morgan fingerprint density at radius 2 is 1.79 bits per heavy atom. The van der Waals surface area contributed by atoms with Crippen LogP contribution in [-0.4, -0.2) is 12.5 Å². The standard InChI is InChI=1S/C20H24FNO2/c1-13(2)18-10-5-14(3)11-19(18)24-12-20(23)22-15(4)16-6-8-17(21)9-7-16/h5-11,13,15H,12H2,1-4H3,(H,22,23). The van der Waals surface area contributed by atoms with Crippen molar-refractivity contribution in [2.45, 2.75) is 39.7 Å². The molecule has 0 aliphatic carbocycles. The van der Waals surface area contributed by atoms with E-state index in [2.05, 4.69) is 19.2 Å². The third-order valence-electron chi connectivity index (χ3n) is 3.90. The molecule has 0 radical (unpaired) electrons. The van der Waals surface area contributed by atoms with Gasteiger partial charge in [-0.1, -0.05) is 38.1 Å². The molecule has 1 N–H and O–H groups in total. The summed E-state index contributed by atoms with van der Waals surface area (Å²) in [6.07, 6.45) is 0. The van der Waals surface area contributed by atoms with E-state index >= 15 is 0 Å². The van der Waals surface area contributed by atoms with Crippen molar-refractivity contribution in [3.8, 4) is 5.75 Å². The van der Waals surface area contributed by atoms with E-state index in [1.807, 2.05) is 32.0 Å². The molecule has 0 bridgehead atoms. The number of rotatable bonds is 6. The zero-order valence-corrected chi connectivity index (χ0v) is 14.6. The molecule has 0 aliphatic rings. The summed E-state index contributed by atoms with van der Waals surface area (Å²) in [5.74, 6) is 0.570. The van der Waals surface area contributed by atoms with Gasteiger partial charge in [0.25, 0.3) is 5.91 Å². The first-order valence-electron chi connectivity index (χ1n) is 8.15. The van der Waals surface area contributed by atoms with Gasteiger partial charge in [-0.2, -0.15) is 0 Å². The number of carbonyl (C=O) groups is 1. The van der Waals surface area contributed by atoms with E-state index in [-0.39, 0.29) is 24.4 Å². The highest BCUT2D eigenvalue weighted by Crippen LogP contribution is 2.27. The van der Waals surface area contributed by atoms with E-state index in [9.17, 15) is 9.18 Å². The average molecular weight is 329 g/mol. The normalized spacial score (nSPS) is 12.1. The van der Waals surface area contributed by atoms with Gasteiger partial charge in [-0.3, -0.25) is 4.79 Å². The zero-order valence-electron chi connectivity index (χ0n) is 14.6. The van der Waals surface area contributed by atoms with Gasteiger partial charge in [0.05, 0.1) is 6.04 Å². The van der Waals surface area contributed by atoms with Gasteiger partial charge in [0, 0.05) is 0 Å². The first-order valence-corrected chi connectivity index (χ1v) is 8.15. The smallest absolute Gasteiger partial charge is 0.258 e. The highest BCUT2D eigenvalue weighted by molar-refractivity contribution is 5.78. The molecule has 4 heteroatoms. The van der Waals surface area contributed by atoms with Gasteiger partial charge < -0.3 is 10.1 Å². The third kappa shape index (κ3) is 4.82. The van der Waals surface area contributed by atoms with Crippen molar-refractivity contribution < 1.29 is 13.9 Å². The number of carbonyl (C=O) groups excluding carboxylic acids is 1. The monoisotopic (exact) mass is 329 g/mol. The average Bonchev–Trinajstić information content (AvgIpc) is 2.53. The van der Waals surface area contributed by atoms with Gasteiger partial charge in [0.15, 0.2) is 6.61 Å². The molecule has 1 amide bonds. The van der Waals surface area contributed by atoms with Crippen LogP contribution in [0.15, 0.2) is 42.5 Å². The lowest BCUT2D eigenvalue weighted by Crippen LogP contribution is -2.31. The highest BCUT2D eigenvalue weighted by atomic mass is 19.1. The maximum Gasteiger partial charge on any atom is 0.258 e. The van der Waals surface area contributed by atoms with Crippen LogP contribution >= 0.6 is 0 Å². The lowest BCUT2D eigenvalue weighted by molar-refractivity contribution is -0.123. The van der Waals surface area contributed by atoms with E-state index in [0.29, 0.717) is 5.92 Å². The molecular formula is C20H24FNO2. The Morgan fingerprint density at radius 3 is 2.42 bits per heavy atom. The summed E-state index contributed by atoms with van der Waals surface area (Å²) >= 11 is 0. The van der Waals surface area contributed by atoms with Crippen LogP contribution in [0, 0.1) is 12.7 Å². The molecule has 0 saturated heterocycles. The van der Waals surface area contributed by atoms with E-state index in [1.54, 1.807) is 12.1 Å². The summed E-state index contributed by atoms with van der Waals surface area (Å²) in [6.45, 7) is 7.99. The molecule has 3 nitrogen and oxygen atoms in total. The summed E-state index contributed by atoms with van der Waals surface area (Å²) in [7, 11) is 0. The van der Waals surface area contributed by atoms with E-state index in [1.165, 1.54) is 12.1 Å². The fraction of sp³-hybridized carbons (Fsp3) is 0.350. The topological polar surface area (TPSA) is 38.3 Å². The molecule has 0 heterocycles. The molecule has 2 rings (SSSR count). The lowest BCUT2D eigenvalue weighted by Gasteiger charge is -2.17. The maximum atomic E-state index is 12.9. The van der Waals surface area contributed by atoms with Crippen LogP contribution in [0.3, 0.4) is 0 Å². The Balaban J connectivity index is 1.96.